The van der Waals surface area contributed by atoms with Crippen molar-refractivity contribution in [2.45, 2.75) is 12.8 Å². The first-order valence-corrected chi connectivity index (χ1v) is 9.86. The van der Waals surface area contributed by atoms with E-state index in [0.29, 0.717) is 17.1 Å². The van der Waals surface area contributed by atoms with Gasteiger partial charge in [0, 0.05) is 0 Å². The summed E-state index contributed by atoms with van der Waals surface area (Å²) in [6.45, 7) is 0.149. The van der Waals surface area contributed by atoms with Crippen molar-refractivity contribution in [2.24, 2.45) is 0 Å². The second-order valence-electron chi connectivity index (χ2n) is 6.99. The SMILES string of the molecule is COc1cc(/C=C(\C#N)C(=O)Nc2ccccc2C(F)(F)F)ccc1OCc1ccc(F)cc1. The monoisotopic (exact) mass is 470 g/mol. The molecule has 0 saturated heterocycles. The molecule has 5 nitrogen and oxygen atoms in total. The lowest BCUT2D eigenvalue weighted by Crippen LogP contribution is -2.17. The maximum Gasteiger partial charge on any atom is 0.418 e. The van der Waals surface area contributed by atoms with Crippen LogP contribution >= 0.6 is 0 Å². The Kier molecular flexibility index (Phi) is 7.53. The molecule has 0 saturated carbocycles. The smallest absolute Gasteiger partial charge is 0.418 e. The maximum atomic E-state index is 13.2. The van der Waals surface area contributed by atoms with Crippen LogP contribution in [0.25, 0.3) is 6.08 Å². The quantitative estimate of drug-likeness (QED) is 0.262. The number of nitrogens with zero attached hydrogens (tertiary/aromatic N) is 1. The highest BCUT2D eigenvalue weighted by molar-refractivity contribution is 6.10. The Bertz CT molecular complexity index is 1250. The number of rotatable bonds is 7. The van der Waals surface area contributed by atoms with Crippen molar-refractivity contribution in [3.8, 4) is 17.6 Å². The summed E-state index contributed by atoms with van der Waals surface area (Å²) in [6, 6.07) is 16.6. The van der Waals surface area contributed by atoms with E-state index in [0.717, 1.165) is 17.7 Å². The van der Waals surface area contributed by atoms with E-state index in [1.165, 1.54) is 43.5 Å². The van der Waals surface area contributed by atoms with Crippen molar-refractivity contribution in [3.05, 3.63) is 94.8 Å². The number of alkyl halides is 3. The summed E-state index contributed by atoms with van der Waals surface area (Å²) in [5, 5.41) is 11.5. The van der Waals surface area contributed by atoms with Crippen molar-refractivity contribution in [2.75, 3.05) is 12.4 Å². The molecule has 0 radical (unpaired) electrons. The summed E-state index contributed by atoms with van der Waals surface area (Å²) >= 11 is 0. The van der Waals surface area contributed by atoms with Crippen LogP contribution in [0.3, 0.4) is 0 Å². The van der Waals surface area contributed by atoms with Crippen LogP contribution in [0, 0.1) is 17.1 Å². The van der Waals surface area contributed by atoms with Gasteiger partial charge in [-0.05, 0) is 53.6 Å². The average Bonchev–Trinajstić information content (AvgIpc) is 2.82. The van der Waals surface area contributed by atoms with E-state index in [9.17, 15) is 27.6 Å². The number of carbonyl (C=O) groups excluding carboxylic acids is 1. The van der Waals surface area contributed by atoms with Gasteiger partial charge >= 0.3 is 6.18 Å². The van der Waals surface area contributed by atoms with E-state index in [4.69, 9.17) is 9.47 Å². The van der Waals surface area contributed by atoms with E-state index in [1.807, 2.05) is 0 Å². The number of nitriles is 1. The zero-order chi connectivity index (χ0) is 24.7. The zero-order valence-electron chi connectivity index (χ0n) is 17.8. The molecular weight excluding hydrogens is 452 g/mol. The molecular formula is C25H18F4N2O3. The van der Waals surface area contributed by atoms with E-state index in [1.54, 1.807) is 30.3 Å². The lowest BCUT2D eigenvalue weighted by Gasteiger charge is -2.13. The van der Waals surface area contributed by atoms with Gasteiger partial charge in [-0.25, -0.2) is 4.39 Å². The summed E-state index contributed by atoms with van der Waals surface area (Å²) in [5.74, 6) is -0.687. The molecule has 0 unspecified atom stereocenters. The molecule has 3 aromatic rings. The number of methoxy groups -OCH3 is 1. The van der Waals surface area contributed by atoms with Crippen LogP contribution in [-0.2, 0) is 17.6 Å². The predicted molar refractivity (Wildman–Crippen MR) is 117 cm³/mol. The molecule has 9 heteroatoms. The fourth-order valence-electron chi connectivity index (χ4n) is 2.98. The second-order valence-corrected chi connectivity index (χ2v) is 6.99. The largest absolute Gasteiger partial charge is 0.493 e. The Labute approximate surface area is 192 Å². The Hall–Kier alpha value is -4.32. The third kappa shape index (κ3) is 6.13. The van der Waals surface area contributed by atoms with E-state index in [2.05, 4.69) is 5.32 Å². The number of nitrogens with one attached hydrogen (secondary N) is 1. The van der Waals surface area contributed by atoms with Gasteiger partial charge in [-0.15, -0.1) is 0 Å². The van der Waals surface area contributed by atoms with Gasteiger partial charge in [-0.1, -0.05) is 30.3 Å². The number of hydrogen-bond acceptors (Lipinski definition) is 4. The molecule has 0 fully saturated rings. The first-order chi connectivity index (χ1) is 16.2. The van der Waals surface area contributed by atoms with Gasteiger partial charge < -0.3 is 14.8 Å². The van der Waals surface area contributed by atoms with Crippen molar-refractivity contribution in [1.29, 1.82) is 5.26 Å². The van der Waals surface area contributed by atoms with Crippen LogP contribution in [0.2, 0.25) is 0 Å². The number of carbonyl (C=O) groups is 1. The molecule has 0 heterocycles. The summed E-state index contributed by atoms with van der Waals surface area (Å²) in [5.41, 5.74) is -0.760. The Morgan fingerprint density at radius 1 is 1.06 bits per heavy atom. The number of hydrogen-bond donors (Lipinski definition) is 1. The number of anilines is 1. The van der Waals surface area contributed by atoms with Crippen molar-refractivity contribution in [1.82, 2.24) is 0 Å². The number of amides is 1. The molecule has 0 spiro atoms. The van der Waals surface area contributed by atoms with Gasteiger partial charge in [0.1, 0.15) is 24.1 Å². The van der Waals surface area contributed by atoms with E-state index in [-0.39, 0.29) is 12.4 Å². The molecule has 1 amide bonds. The maximum absolute atomic E-state index is 13.2. The van der Waals surface area contributed by atoms with Crippen molar-refractivity contribution >= 4 is 17.7 Å². The lowest BCUT2D eigenvalue weighted by molar-refractivity contribution is -0.137. The third-order valence-electron chi connectivity index (χ3n) is 4.65. The van der Waals surface area contributed by atoms with Gasteiger partial charge in [0.15, 0.2) is 11.5 Å². The lowest BCUT2D eigenvalue weighted by atomic mass is 10.1. The molecule has 3 aromatic carbocycles. The first kappa shape index (κ1) is 24.3. The van der Waals surface area contributed by atoms with Gasteiger partial charge in [0.05, 0.1) is 18.4 Å². The van der Waals surface area contributed by atoms with Crippen molar-refractivity contribution < 1.29 is 31.8 Å². The number of para-hydroxylation sites is 1. The Morgan fingerprint density at radius 2 is 1.76 bits per heavy atom. The summed E-state index contributed by atoms with van der Waals surface area (Å²) in [7, 11) is 1.40. The summed E-state index contributed by atoms with van der Waals surface area (Å²) < 4.78 is 63.5. The van der Waals surface area contributed by atoms with Gasteiger partial charge in [0.25, 0.3) is 5.91 Å². The van der Waals surface area contributed by atoms with Crippen LogP contribution < -0.4 is 14.8 Å². The topological polar surface area (TPSA) is 71.3 Å². The highest BCUT2D eigenvalue weighted by Crippen LogP contribution is 2.35. The molecule has 0 aliphatic heterocycles. The van der Waals surface area contributed by atoms with Crippen LogP contribution in [0.1, 0.15) is 16.7 Å². The summed E-state index contributed by atoms with van der Waals surface area (Å²) in [6.07, 6.45) is -3.45. The molecule has 3 rings (SSSR count). The van der Waals surface area contributed by atoms with E-state index >= 15 is 0 Å². The fourth-order valence-corrected chi connectivity index (χ4v) is 2.98. The molecule has 0 bridgehead atoms. The second kappa shape index (κ2) is 10.5. The minimum absolute atomic E-state index is 0.149. The molecule has 1 N–H and O–H groups in total. The Balaban J connectivity index is 1.78. The molecule has 174 valence electrons. The minimum atomic E-state index is -4.67. The Morgan fingerprint density at radius 3 is 2.41 bits per heavy atom. The standard InChI is InChI=1S/C25H18F4N2O3/c1-33-23-13-17(8-11-22(23)34-15-16-6-9-19(26)10-7-16)12-18(14-30)24(32)31-21-5-3-2-4-20(21)25(27,28)29/h2-13H,15H2,1H3,(H,31,32)/b18-12+. The van der Waals surface area contributed by atoms with Crippen LogP contribution in [0.5, 0.6) is 11.5 Å². The highest BCUT2D eigenvalue weighted by atomic mass is 19.4. The summed E-state index contributed by atoms with van der Waals surface area (Å²) in [4.78, 5) is 12.5. The average molecular weight is 470 g/mol. The number of ether oxygens (including phenoxy) is 2. The van der Waals surface area contributed by atoms with Crippen LogP contribution in [-0.4, -0.2) is 13.0 Å². The van der Waals surface area contributed by atoms with Crippen molar-refractivity contribution in [3.63, 3.8) is 0 Å². The van der Waals surface area contributed by atoms with Crippen LogP contribution in [0.4, 0.5) is 23.2 Å². The van der Waals surface area contributed by atoms with E-state index < -0.39 is 28.9 Å². The van der Waals surface area contributed by atoms with Gasteiger partial charge in [-0.2, -0.15) is 18.4 Å². The minimum Gasteiger partial charge on any atom is -0.493 e. The highest BCUT2D eigenvalue weighted by Gasteiger charge is 2.33. The zero-order valence-corrected chi connectivity index (χ0v) is 17.8. The molecule has 0 aliphatic rings. The van der Waals surface area contributed by atoms with Crippen LogP contribution in [0.15, 0.2) is 72.3 Å². The molecule has 0 atom stereocenters. The molecule has 0 aromatic heterocycles. The fraction of sp³-hybridized carbons (Fsp3) is 0.120. The normalized spacial score (nSPS) is 11.5. The number of halogens is 4. The predicted octanol–water partition coefficient (Wildman–Crippen LogP) is 5.98. The third-order valence-corrected chi connectivity index (χ3v) is 4.65. The molecule has 34 heavy (non-hydrogen) atoms. The first-order valence-electron chi connectivity index (χ1n) is 9.86. The van der Waals surface area contributed by atoms with Gasteiger partial charge in [-0.3, -0.25) is 4.79 Å². The number of benzene rings is 3. The van der Waals surface area contributed by atoms with Gasteiger partial charge in [0.2, 0.25) is 0 Å². The molecule has 0 aliphatic carbocycles.